The van der Waals surface area contributed by atoms with Crippen molar-refractivity contribution >= 4 is 17.9 Å². The van der Waals surface area contributed by atoms with Gasteiger partial charge in [-0.05, 0) is 38.7 Å². The number of amides is 3. The number of ether oxygens (including phenoxy) is 1. The smallest absolute Gasteiger partial charge is 0.331 e. The second-order valence-electron chi connectivity index (χ2n) is 8.97. The number of hydrogen-bond acceptors (Lipinski definition) is 5. The van der Waals surface area contributed by atoms with E-state index >= 15 is 0 Å². The van der Waals surface area contributed by atoms with Crippen LogP contribution in [0, 0.1) is 5.92 Å². The maximum Gasteiger partial charge on any atom is 0.331 e. The predicted molar refractivity (Wildman–Crippen MR) is 111 cm³/mol. The van der Waals surface area contributed by atoms with Gasteiger partial charge in [-0.2, -0.15) is 0 Å². The van der Waals surface area contributed by atoms with Gasteiger partial charge in [0.1, 0.15) is 5.60 Å². The highest BCUT2D eigenvalue weighted by molar-refractivity contribution is 6.03. The number of nitrogens with one attached hydrogen (secondary N) is 1. The lowest BCUT2D eigenvalue weighted by Gasteiger charge is -2.29. The van der Waals surface area contributed by atoms with Crippen molar-refractivity contribution in [2.45, 2.75) is 65.3 Å². The van der Waals surface area contributed by atoms with E-state index in [4.69, 9.17) is 4.74 Å². The topological polar surface area (TPSA) is 79.0 Å². The second-order valence-corrected chi connectivity index (χ2v) is 8.97. The van der Waals surface area contributed by atoms with E-state index in [1.54, 1.807) is 27.8 Å². The fraction of sp³-hybridized carbons (Fsp3) is 0.591. The number of carbonyl (C=O) groups is 3. The van der Waals surface area contributed by atoms with Gasteiger partial charge in [0.2, 0.25) is 5.91 Å². The number of carbonyl (C=O) groups excluding carboxylic acids is 3. The van der Waals surface area contributed by atoms with Gasteiger partial charge < -0.3 is 15.0 Å². The average molecular weight is 404 g/mol. The predicted octanol–water partition coefficient (Wildman–Crippen LogP) is 2.80. The largest absolute Gasteiger partial charge is 0.458 e. The summed E-state index contributed by atoms with van der Waals surface area (Å²) in [6, 6.07) is 7.78. The van der Waals surface area contributed by atoms with Gasteiger partial charge in [0.05, 0.1) is 12.6 Å². The van der Waals surface area contributed by atoms with Gasteiger partial charge in [0.25, 0.3) is 0 Å². The van der Waals surface area contributed by atoms with E-state index in [-0.39, 0.29) is 18.4 Å². The van der Waals surface area contributed by atoms with E-state index in [2.05, 4.69) is 5.32 Å². The van der Waals surface area contributed by atoms with Gasteiger partial charge in [-0.15, -0.1) is 0 Å². The molecule has 1 aliphatic heterocycles. The summed E-state index contributed by atoms with van der Waals surface area (Å²) in [5, 5.41) is 3.27. The van der Waals surface area contributed by atoms with Gasteiger partial charge in [-0.25, -0.2) is 14.5 Å². The molecule has 7 nitrogen and oxygen atoms in total. The van der Waals surface area contributed by atoms with E-state index in [0.717, 1.165) is 10.5 Å². The normalized spacial score (nSPS) is 18.3. The molecule has 7 heteroatoms. The van der Waals surface area contributed by atoms with Gasteiger partial charge >= 0.3 is 12.0 Å². The van der Waals surface area contributed by atoms with Crippen molar-refractivity contribution in [2.75, 3.05) is 13.6 Å². The Labute approximate surface area is 173 Å². The average Bonchev–Trinajstić information content (AvgIpc) is 2.92. The summed E-state index contributed by atoms with van der Waals surface area (Å²) in [5.41, 5.74) is 0.349. The maximum absolute atomic E-state index is 13.3. The third-order valence-electron chi connectivity index (χ3n) is 4.61. The first-order valence-corrected chi connectivity index (χ1v) is 10.1. The van der Waals surface area contributed by atoms with Crippen LogP contribution in [0.5, 0.6) is 0 Å². The van der Waals surface area contributed by atoms with Gasteiger partial charge in [0.15, 0.2) is 6.04 Å². The van der Waals surface area contributed by atoms with E-state index in [1.807, 2.05) is 44.2 Å². The molecule has 2 atom stereocenters. The summed E-state index contributed by atoms with van der Waals surface area (Å²) in [6.45, 7) is 9.97. The fourth-order valence-electron chi connectivity index (χ4n) is 3.28. The summed E-state index contributed by atoms with van der Waals surface area (Å²) in [5.74, 6) is -0.711. The minimum atomic E-state index is -0.938. The summed E-state index contributed by atoms with van der Waals surface area (Å²) in [4.78, 5) is 41.2. The van der Waals surface area contributed by atoms with Crippen molar-refractivity contribution in [1.82, 2.24) is 15.1 Å². The summed E-state index contributed by atoms with van der Waals surface area (Å²) >= 11 is 0. The second kappa shape index (κ2) is 9.39. The van der Waals surface area contributed by atoms with Crippen molar-refractivity contribution in [3.05, 3.63) is 35.9 Å². The molecule has 1 heterocycles. The molecule has 1 aliphatic rings. The molecule has 1 fully saturated rings. The molecular weight excluding hydrogens is 370 g/mol. The Morgan fingerprint density at radius 3 is 2.38 bits per heavy atom. The third-order valence-corrected chi connectivity index (χ3v) is 4.61. The summed E-state index contributed by atoms with van der Waals surface area (Å²) < 4.78 is 5.46. The highest BCUT2D eigenvalue weighted by Gasteiger charge is 2.47. The van der Waals surface area contributed by atoms with Crippen LogP contribution in [0.4, 0.5) is 4.79 Å². The van der Waals surface area contributed by atoms with Crippen LogP contribution in [0.3, 0.4) is 0 Å². The van der Waals surface area contributed by atoms with Crippen LogP contribution < -0.4 is 5.32 Å². The number of nitrogens with zero attached hydrogens (tertiary/aromatic N) is 2. The molecule has 1 saturated heterocycles. The molecule has 3 amide bonds. The third kappa shape index (κ3) is 6.29. The molecule has 0 saturated carbocycles. The van der Waals surface area contributed by atoms with Crippen LogP contribution in [0.25, 0.3) is 0 Å². The Kier molecular flexibility index (Phi) is 7.41. The van der Waals surface area contributed by atoms with Crippen LogP contribution in [0.15, 0.2) is 30.3 Å². The minimum absolute atomic E-state index is 0.132. The van der Waals surface area contributed by atoms with Crippen LogP contribution in [0.2, 0.25) is 0 Å². The van der Waals surface area contributed by atoms with Crippen LogP contribution in [0.1, 0.15) is 46.6 Å². The van der Waals surface area contributed by atoms with Gasteiger partial charge in [-0.3, -0.25) is 4.79 Å². The Morgan fingerprint density at radius 2 is 1.83 bits per heavy atom. The maximum atomic E-state index is 13.3. The molecular formula is C22H33N3O4. The van der Waals surface area contributed by atoms with Gasteiger partial charge in [0, 0.05) is 13.6 Å². The van der Waals surface area contributed by atoms with E-state index in [1.165, 1.54) is 4.90 Å². The number of benzene rings is 1. The lowest BCUT2D eigenvalue weighted by molar-refractivity contribution is -0.162. The lowest BCUT2D eigenvalue weighted by Crippen LogP contribution is -2.53. The monoisotopic (exact) mass is 403 g/mol. The molecule has 1 aromatic carbocycles. The van der Waals surface area contributed by atoms with Crippen molar-refractivity contribution in [2.24, 2.45) is 5.92 Å². The standard InChI is InChI=1S/C22H33N3O4/c1-15(2)12-17(23-13-16-10-8-7-9-11-16)19(26)25-18(14-24(6)21(25)28)20(27)29-22(3,4)5/h7-11,15,17-18,23H,12-14H2,1-6H3/t17-,18-/m0/s1. The van der Waals surface area contributed by atoms with Crippen molar-refractivity contribution < 1.29 is 19.1 Å². The molecule has 0 aromatic heterocycles. The van der Waals surface area contributed by atoms with Gasteiger partial charge in [-0.1, -0.05) is 44.2 Å². The number of urea groups is 1. The highest BCUT2D eigenvalue weighted by Crippen LogP contribution is 2.21. The Morgan fingerprint density at radius 1 is 1.21 bits per heavy atom. The van der Waals surface area contributed by atoms with Crippen molar-refractivity contribution in [1.29, 1.82) is 0 Å². The molecule has 160 valence electrons. The molecule has 0 radical (unpaired) electrons. The molecule has 0 spiro atoms. The number of esters is 1. The number of imide groups is 1. The number of hydrogen-bond donors (Lipinski definition) is 1. The highest BCUT2D eigenvalue weighted by atomic mass is 16.6. The number of likely N-dealkylation sites (N-methyl/N-ethyl adjacent to an activating group) is 1. The van der Waals surface area contributed by atoms with Crippen molar-refractivity contribution in [3.63, 3.8) is 0 Å². The van der Waals surface area contributed by atoms with Crippen LogP contribution in [-0.2, 0) is 20.9 Å². The zero-order valence-electron chi connectivity index (χ0n) is 18.3. The Bertz CT molecular complexity index is 727. The van der Waals surface area contributed by atoms with Crippen LogP contribution in [-0.4, -0.2) is 59.0 Å². The quantitative estimate of drug-likeness (QED) is 0.708. The fourth-order valence-corrected chi connectivity index (χ4v) is 3.28. The first-order chi connectivity index (χ1) is 13.5. The molecule has 0 aliphatic carbocycles. The van der Waals surface area contributed by atoms with Crippen molar-refractivity contribution in [3.8, 4) is 0 Å². The first-order valence-electron chi connectivity index (χ1n) is 10.1. The molecule has 29 heavy (non-hydrogen) atoms. The zero-order chi connectivity index (χ0) is 21.8. The molecule has 2 rings (SSSR count). The minimum Gasteiger partial charge on any atom is -0.458 e. The van der Waals surface area contributed by atoms with E-state index in [9.17, 15) is 14.4 Å². The SMILES string of the molecule is CC(C)C[C@H](NCc1ccccc1)C(=O)N1C(=O)N(C)C[C@H]1C(=O)OC(C)(C)C. The zero-order valence-corrected chi connectivity index (χ0v) is 18.3. The molecule has 0 bridgehead atoms. The molecule has 1 aromatic rings. The molecule has 1 N–H and O–H groups in total. The first kappa shape index (κ1) is 22.9. The number of rotatable bonds is 7. The van der Waals surface area contributed by atoms with E-state index in [0.29, 0.717) is 13.0 Å². The summed E-state index contributed by atoms with van der Waals surface area (Å²) in [7, 11) is 1.59. The Hall–Kier alpha value is -2.41. The van der Waals surface area contributed by atoms with Crippen LogP contribution >= 0.6 is 0 Å². The molecule has 0 unspecified atom stereocenters. The summed E-state index contributed by atoms with van der Waals surface area (Å²) in [6.07, 6.45) is 0.556. The van der Waals surface area contributed by atoms with E-state index < -0.39 is 29.7 Å². The lowest BCUT2D eigenvalue weighted by atomic mass is 10.0. The Balaban J connectivity index is 2.20.